The lowest BCUT2D eigenvalue weighted by molar-refractivity contribution is -0.312. The highest BCUT2D eigenvalue weighted by atomic mass is 16.7. The standard InChI is InChI=1S/C23H28O6/c1-15-19(28-15)21-18(24)20(26-13-16-9-5-3-6-10-16)22(23(25-2)29-21)27-14-17-11-7-4-8-12-17/h3-12,15,18-24H,13-14H2,1-2H3/t15-,18-,19+,20-,21-,22+,23-/m0/s1. The van der Waals surface area contributed by atoms with Crippen LogP contribution in [0.1, 0.15) is 18.1 Å². The molecular formula is C23H28O6. The number of epoxide rings is 1. The Morgan fingerprint density at radius 2 is 1.31 bits per heavy atom. The second-order valence-corrected chi connectivity index (χ2v) is 7.52. The third-order valence-corrected chi connectivity index (χ3v) is 5.44. The summed E-state index contributed by atoms with van der Waals surface area (Å²) in [5, 5.41) is 11.1. The SMILES string of the molecule is CO[C@H]1O[C@H]([C@@H]2O[C@H]2C)[C@@H](O)[C@H](OCc2ccccc2)[C@H]1OCc1ccccc1. The number of ether oxygens (including phenoxy) is 5. The van der Waals surface area contributed by atoms with E-state index in [2.05, 4.69) is 0 Å². The average molecular weight is 400 g/mol. The zero-order valence-corrected chi connectivity index (χ0v) is 16.7. The van der Waals surface area contributed by atoms with Gasteiger partial charge in [-0.1, -0.05) is 60.7 Å². The van der Waals surface area contributed by atoms with E-state index >= 15 is 0 Å². The van der Waals surface area contributed by atoms with Gasteiger partial charge in [-0.25, -0.2) is 0 Å². The van der Waals surface area contributed by atoms with Crippen LogP contribution in [0, 0.1) is 0 Å². The van der Waals surface area contributed by atoms with Gasteiger partial charge in [0.1, 0.15) is 30.5 Å². The minimum absolute atomic E-state index is 0.0451. The predicted molar refractivity (Wildman–Crippen MR) is 106 cm³/mol. The summed E-state index contributed by atoms with van der Waals surface area (Å²) < 4.78 is 29.5. The van der Waals surface area contributed by atoms with Crippen molar-refractivity contribution in [2.45, 2.75) is 63.1 Å². The Morgan fingerprint density at radius 3 is 1.79 bits per heavy atom. The molecule has 2 aromatic rings. The molecule has 0 spiro atoms. The van der Waals surface area contributed by atoms with E-state index < -0.39 is 30.7 Å². The van der Waals surface area contributed by atoms with Crippen molar-refractivity contribution >= 4 is 0 Å². The van der Waals surface area contributed by atoms with E-state index in [1.54, 1.807) is 7.11 Å². The summed E-state index contributed by atoms with van der Waals surface area (Å²) in [5.74, 6) is 0. The van der Waals surface area contributed by atoms with Crippen LogP contribution in [0.5, 0.6) is 0 Å². The largest absolute Gasteiger partial charge is 0.387 e. The number of aliphatic hydroxyl groups is 1. The number of hydrogen-bond donors (Lipinski definition) is 1. The van der Waals surface area contributed by atoms with Crippen LogP contribution in [0.25, 0.3) is 0 Å². The Balaban J connectivity index is 1.50. The molecule has 0 aromatic heterocycles. The number of aliphatic hydroxyl groups excluding tert-OH is 1. The van der Waals surface area contributed by atoms with Crippen molar-refractivity contribution in [3.8, 4) is 0 Å². The molecule has 156 valence electrons. The molecule has 0 bridgehead atoms. The van der Waals surface area contributed by atoms with Gasteiger partial charge in [-0.15, -0.1) is 0 Å². The molecule has 2 aliphatic heterocycles. The molecule has 6 heteroatoms. The van der Waals surface area contributed by atoms with Crippen LogP contribution in [0.4, 0.5) is 0 Å². The summed E-state index contributed by atoms with van der Waals surface area (Å²) in [5.41, 5.74) is 2.05. The fourth-order valence-electron chi connectivity index (χ4n) is 3.76. The first kappa shape index (κ1) is 20.5. The Bertz CT molecular complexity index is 754. The first-order valence-electron chi connectivity index (χ1n) is 10.00. The summed E-state index contributed by atoms with van der Waals surface area (Å²) in [7, 11) is 1.57. The minimum atomic E-state index is -0.888. The van der Waals surface area contributed by atoms with E-state index in [4.69, 9.17) is 23.7 Å². The minimum Gasteiger partial charge on any atom is -0.387 e. The Morgan fingerprint density at radius 1 is 0.793 bits per heavy atom. The molecule has 0 saturated carbocycles. The van der Waals surface area contributed by atoms with Gasteiger partial charge >= 0.3 is 0 Å². The van der Waals surface area contributed by atoms with Gasteiger partial charge in [0.25, 0.3) is 0 Å². The van der Waals surface area contributed by atoms with Crippen molar-refractivity contribution in [1.29, 1.82) is 0 Å². The smallest absolute Gasteiger partial charge is 0.186 e. The lowest BCUT2D eigenvalue weighted by Gasteiger charge is -2.43. The molecule has 0 radical (unpaired) electrons. The maximum atomic E-state index is 11.1. The van der Waals surface area contributed by atoms with Crippen LogP contribution in [0.2, 0.25) is 0 Å². The average Bonchev–Trinajstić information content (AvgIpc) is 3.49. The van der Waals surface area contributed by atoms with Gasteiger partial charge in [0, 0.05) is 7.11 Å². The number of hydrogen-bond acceptors (Lipinski definition) is 6. The summed E-state index contributed by atoms with van der Waals surface area (Å²) in [6.45, 7) is 2.69. The Hall–Kier alpha value is -1.80. The first-order chi connectivity index (χ1) is 14.2. The molecule has 6 nitrogen and oxygen atoms in total. The lowest BCUT2D eigenvalue weighted by Crippen LogP contribution is -2.61. The second kappa shape index (κ2) is 9.34. The Labute approximate surface area is 171 Å². The van der Waals surface area contributed by atoms with Crippen LogP contribution >= 0.6 is 0 Å². The van der Waals surface area contributed by atoms with Gasteiger partial charge in [0.15, 0.2) is 6.29 Å². The molecule has 1 N–H and O–H groups in total. The molecule has 29 heavy (non-hydrogen) atoms. The highest BCUT2D eigenvalue weighted by molar-refractivity contribution is 5.15. The molecule has 2 fully saturated rings. The summed E-state index contributed by atoms with van der Waals surface area (Å²) in [4.78, 5) is 0. The topological polar surface area (TPSA) is 69.7 Å². The molecule has 2 aromatic carbocycles. The van der Waals surface area contributed by atoms with E-state index in [-0.39, 0.29) is 12.2 Å². The van der Waals surface area contributed by atoms with E-state index in [9.17, 15) is 5.11 Å². The molecule has 0 unspecified atom stereocenters. The highest BCUT2D eigenvalue weighted by Gasteiger charge is 2.55. The Kier molecular flexibility index (Phi) is 6.60. The number of methoxy groups -OCH3 is 1. The van der Waals surface area contributed by atoms with Crippen molar-refractivity contribution in [2.75, 3.05) is 7.11 Å². The summed E-state index contributed by atoms with van der Waals surface area (Å²) in [6.07, 6.45) is -3.38. The third kappa shape index (κ3) is 4.86. The van der Waals surface area contributed by atoms with Gasteiger partial charge < -0.3 is 28.8 Å². The van der Waals surface area contributed by atoms with Gasteiger partial charge in [-0.2, -0.15) is 0 Å². The quantitative estimate of drug-likeness (QED) is 0.687. The number of rotatable bonds is 8. The van der Waals surface area contributed by atoms with E-state index in [1.807, 2.05) is 67.6 Å². The molecule has 4 rings (SSSR count). The first-order valence-corrected chi connectivity index (χ1v) is 10.00. The molecule has 2 heterocycles. The van der Waals surface area contributed by atoms with E-state index in [1.165, 1.54) is 0 Å². The van der Waals surface area contributed by atoms with Crippen molar-refractivity contribution in [2.24, 2.45) is 0 Å². The van der Waals surface area contributed by atoms with Gasteiger partial charge in [-0.3, -0.25) is 0 Å². The normalized spacial score (nSPS) is 34.1. The molecular weight excluding hydrogens is 372 g/mol. The van der Waals surface area contributed by atoms with E-state index in [0.717, 1.165) is 11.1 Å². The summed E-state index contributed by atoms with van der Waals surface area (Å²) in [6, 6.07) is 19.7. The number of benzene rings is 2. The van der Waals surface area contributed by atoms with Crippen LogP contribution in [-0.4, -0.2) is 55.1 Å². The van der Waals surface area contributed by atoms with Crippen LogP contribution < -0.4 is 0 Å². The van der Waals surface area contributed by atoms with Crippen LogP contribution in [0.15, 0.2) is 60.7 Å². The van der Waals surface area contributed by atoms with Gasteiger partial charge in [-0.05, 0) is 18.1 Å². The predicted octanol–water partition coefficient (Wildman–Crippen LogP) is 2.68. The molecule has 0 aliphatic carbocycles. The van der Waals surface area contributed by atoms with Crippen LogP contribution in [-0.2, 0) is 36.9 Å². The van der Waals surface area contributed by atoms with Gasteiger partial charge in [0.05, 0.1) is 19.3 Å². The van der Waals surface area contributed by atoms with Gasteiger partial charge in [0.2, 0.25) is 0 Å². The zero-order valence-electron chi connectivity index (χ0n) is 16.7. The fraction of sp³-hybridized carbons (Fsp3) is 0.478. The molecule has 0 amide bonds. The summed E-state index contributed by atoms with van der Waals surface area (Å²) >= 11 is 0. The van der Waals surface area contributed by atoms with Crippen molar-refractivity contribution in [3.05, 3.63) is 71.8 Å². The van der Waals surface area contributed by atoms with E-state index in [0.29, 0.717) is 13.2 Å². The molecule has 2 aliphatic rings. The highest BCUT2D eigenvalue weighted by Crippen LogP contribution is 2.36. The monoisotopic (exact) mass is 400 g/mol. The van der Waals surface area contributed by atoms with Crippen molar-refractivity contribution in [1.82, 2.24) is 0 Å². The maximum absolute atomic E-state index is 11.1. The lowest BCUT2D eigenvalue weighted by atomic mass is 9.95. The third-order valence-electron chi connectivity index (χ3n) is 5.44. The maximum Gasteiger partial charge on any atom is 0.186 e. The fourth-order valence-corrected chi connectivity index (χ4v) is 3.76. The van der Waals surface area contributed by atoms with Crippen LogP contribution in [0.3, 0.4) is 0 Å². The van der Waals surface area contributed by atoms with Crippen molar-refractivity contribution < 1.29 is 28.8 Å². The van der Waals surface area contributed by atoms with Crippen molar-refractivity contribution in [3.63, 3.8) is 0 Å². The zero-order chi connectivity index (χ0) is 20.2. The molecule has 2 saturated heterocycles. The molecule has 7 atom stereocenters. The second-order valence-electron chi connectivity index (χ2n) is 7.52.